The second-order valence-electron chi connectivity index (χ2n) is 3.84. The second-order valence-corrected chi connectivity index (χ2v) is 6.25. The molecule has 0 spiro atoms. The summed E-state index contributed by atoms with van der Waals surface area (Å²) in [6.07, 6.45) is 0. The molecule has 7 nitrogen and oxygen atoms in total. The zero-order chi connectivity index (χ0) is 15.6. The first-order valence-electron chi connectivity index (χ1n) is 5.41. The first-order chi connectivity index (χ1) is 9.78. The lowest BCUT2D eigenvalue weighted by Crippen LogP contribution is -2.15. The number of rotatable bonds is 4. The molecule has 1 amide bonds. The van der Waals surface area contributed by atoms with E-state index in [1.165, 1.54) is 30.3 Å². The number of halogens is 2. The number of carbonyl (C=O) groups excluding carboxylic acids is 1. The molecule has 1 aromatic carbocycles. The molecule has 0 aliphatic heterocycles. The largest absolute Gasteiger partial charge is 0.366 e. The minimum absolute atomic E-state index is 0.00298. The fourth-order valence-corrected chi connectivity index (χ4v) is 2.84. The van der Waals surface area contributed by atoms with E-state index in [1.54, 1.807) is 0 Å². The van der Waals surface area contributed by atoms with Crippen molar-refractivity contribution in [1.82, 2.24) is 9.97 Å². The van der Waals surface area contributed by atoms with E-state index in [4.69, 9.17) is 28.9 Å². The number of nitrogens with two attached hydrogens (primary N) is 1. The number of benzene rings is 1. The van der Waals surface area contributed by atoms with Crippen LogP contribution in [0.3, 0.4) is 0 Å². The zero-order valence-electron chi connectivity index (χ0n) is 10.2. The lowest BCUT2D eigenvalue weighted by Gasteiger charge is -2.08. The van der Waals surface area contributed by atoms with E-state index < -0.39 is 15.9 Å². The van der Waals surface area contributed by atoms with E-state index in [0.29, 0.717) is 0 Å². The highest BCUT2D eigenvalue weighted by Crippen LogP contribution is 2.19. The highest BCUT2D eigenvalue weighted by molar-refractivity contribution is 7.92. The van der Waals surface area contributed by atoms with Crippen LogP contribution in [-0.4, -0.2) is 24.3 Å². The summed E-state index contributed by atoms with van der Waals surface area (Å²) in [5.74, 6) is -0.722. The van der Waals surface area contributed by atoms with Gasteiger partial charge in [-0.2, -0.15) is 4.98 Å². The highest BCUT2D eigenvalue weighted by Gasteiger charge is 2.16. The van der Waals surface area contributed by atoms with Crippen LogP contribution in [0, 0.1) is 0 Å². The van der Waals surface area contributed by atoms with E-state index >= 15 is 0 Å². The number of nitrogens with one attached hydrogen (secondary N) is 1. The third-order valence-corrected chi connectivity index (χ3v) is 4.09. The molecule has 3 N–H and O–H groups in total. The molecule has 1 heterocycles. The number of primary amides is 1. The van der Waals surface area contributed by atoms with Crippen LogP contribution in [0.4, 0.5) is 5.82 Å². The van der Waals surface area contributed by atoms with Crippen LogP contribution >= 0.6 is 23.2 Å². The third kappa shape index (κ3) is 3.81. The summed E-state index contributed by atoms with van der Waals surface area (Å²) in [7, 11) is -3.90. The van der Waals surface area contributed by atoms with Crippen molar-refractivity contribution >= 4 is 45.0 Å². The van der Waals surface area contributed by atoms with Crippen molar-refractivity contribution in [1.29, 1.82) is 0 Å². The van der Waals surface area contributed by atoms with Gasteiger partial charge in [0.05, 0.1) is 4.90 Å². The molecule has 2 aromatic rings. The quantitative estimate of drug-likeness (QED) is 0.645. The van der Waals surface area contributed by atoms with Gasteiger partial charge in [0, 0.05) is 11.6 Å². The van der Waals surface area contributed by atoms with Crippen LogP contribution in [0.15, 0.2) is 35.2 Å². The molecule has 1 aromatic heterocycles. The number of aromatic nitrogens is 2. The molecule has 0 radical (unpaired) electrons. The summed E-state index contributed by atoms with van der Waals surface area (Å²) in [6, 6.07) is 6.30. The average molecular weight is 347 g/mol. The standard InChI is InChI=1S/C11H8Cl2N4O3S/c12-8-5-9(16-11(13)15-8)17-21(19,20)7-3-1-6(2-4-7)10(14)18/h1-5H,(H2,14,18)(H,15,16,17). The summed E-state index contributed by atoms with van der Waals surface area (Å²) in [4.78, 5) is 18.2. The van der Waals surface area contributed by atoms with Crippen LogP contribution in [-0.2, 0) is 10.0 Å². The summed E-state index contributed by atoms with van der Waals surface area (Å²) < 4.78 is 26.5. The predicted molar refractivity (Wildman–Crippen MR) is 77.8 cm³/mol. The summed E-state index contributed by atoms with van der Waals surface area (Å²) in [6.45, 7) is 0. The Kier molecular flexibility index (Phi) is 4.31. The maximum absolute atomic E-state index is 12.1. The molecule has 0 aliphatic carbocycles. The van der Waals surface area contributed by atoms with E-state index in [-0.39, 0.29) is 26.7 Å². The van der Waals surface area contributed by atoms with Crippen molar-refractivity contribution in [2.75, 3.05) is 4.72 Å². The maximum Gasteiger partial charge on any atom is 0.263 e. The third-order valence-electron chi connectivity index (χ3n) is 2.36. The van der Waals surface area contributed by atoms with E-state index in [1.807, 2.05) is 0 Å². The molecule has 21 heavy (non-hydrogen) atoms. The second kappa shape index (κ2) is 5.84. The number of hydrogen-bond acceptors (Lipinski definition) is 5. The van der Waals surface area contributed by atoms with E-state index in [2.05, 4.69) is 14.7 Å². The monoisotopic (exact) mass is 346 g/mol. The Balaban J connectivity index is 2.31. The molecule has 0 fully saturated rings. The summed E-state index contributed by atoms with van der Waals surface area (Å²) in [5.41, 5.74) is 5.28. The van der Waals surface area contributed by atoms with Gasteiger partial charge in [0.15, 0.2) is 0 Å². The van der Waals surface area contributed by atoms with Crippen LogP contribution in [0.25, 0.3) is 0 Å². The predicted octanol–water partition coefficient (Wildman–Crippen LogP) is 1.68. The molecule has 0 atom stereocenters. The van der Waals surface area contributed by atoms with Gasteiger partial charge in [0.25, 0.3) is 10.0 Å². The lowest BCUT2D eigenvalue weighted by atomic mass is 10.2. The zero-order valence-corrected chi connectivity index (χ0v) is 12.6. The van der Waals surface area contributed by atoms with Crippen molar-refractivity contribution in [3.05, 3.63) is 46.3 Å². The van der Waals surface area contributed by atoms with Gasteiger partial charge in [0.1, 0.15) is 11.0 Å². The molecule has 0 bridgehead atoms. The molecule has 0 unspecified atom stereocenters. The maximum atomic E-state index is 12.1. The molecule has 2 rings (SSSR count). The van der Waals surface area contributed by atoms with Crippen LogP contribution in [0.2, 0.25) is 10.4 Å². The molecule has 0 saturated carbocycles. The Morgan fingerprint density at radius 1 is 1.14 bits per heavy atom. The number of carbonyl (C=O) groups is 1. The van der Waals surface area contributed by atoms with E-state index in [9.17, 15) is 13.2 Å². The molecule has 0 aliphatic rings. The van der Waals surface area contributed by atoms with Crippen molar-refractivity contribution in [2.24, 2.45) is 5.73 Å². The Morgan fingerprint density at radius 3 is 2.29 bits per heavy atom. The topological polar surface area (TPSA) is 115 Å². The normalized spacial score (nSPS) is 11.1. The summed E-state index contributed by atoms with van der Waals surface area (Å²) >= 11 is 11.2. The van der Waals surface area contributed by atoms with Gasteiger partial charge in [0.2, 0.25) is 11.2 Å². The Bertz CT molecular complexity index is 773. The Hall–Kier alpha value is -1.90. The first-order valence-corrected chi connectivity index (χ1v) is 7.64. The Labute approximate surface area is 130 Å². The minimum Gasteiger partial charge on any atom is -0.366 e. The van der Waals surface area contributed by atoms with Gasteiger partial charge in [-0.1, -0.05) is 11.6 Å². The SMILES string of the molecule is NC(=O)c1ccc(S(=O)(=O)Nc2cc(Cl)nc(Cl)n2)cc1. The number of nitrogens with zero attached hydrogens (tertiary/aromatic N) is 2. The van der Waals surface area contributed by atoms with Gasteiger partial charge < -0.3 is 5.73 Å². The fraction of sp³-hybridized carbons (Fsp3) is 0. The van der Waals surface area contributed by atoms with Gasteiger partial charge in [-0.3, -0.25) is 9.52 Å². The van der Waals surface area contributed by atoms with Gasteiger partial charge in [-0.15, -0.1) is 0 Å². The smallest absolute Gasteiger partial charge is 0.263 e. The van der Waals surface area contributed by atoms with Gasteiger partial charge in [-0.05, 0) is 35.9 Å². The fourth-order valence-electron chi connectivity index (χ4n) is 1.44. The molecule has 10 heteroatoms. The van der Waals surface area contributed by atoms with E-state index in [0.717, 1.165) is 0 Å². The molecule has 0 saturated heterocycles. The van der Waals surface area contributed by atoms with Crippen LogP contribution in [0.5, 0.6) is 0 Å². The first kappa shape index (κ1) is 15.5. The Morgan fingerprint density at radius 2 is 1.76 bits per heavy atom. The number of hydrogen-bond donors (Lipinski definition) is 2. The number of amides is 1. The lowest BCUT2D eigenvalue weighted by molar-refractivity contribution is 0.1000. The van der Waals surface area contributed by atoms with Crippen molar-refractivity contribution in [3.8, 4) is 0 Å². The van der Waals surface area contributed by atoms with Gasteiger partial charge >= 0.3 is 0 Å². The molecular formula is C11H8Cl2N4O3S. The molecular weight excluding hydrogens is 339 g/mol. The van der Waals surface area contributed by atoms with Crippen molar-refractivity contribution in [2.45, 2.75) is 4.90 Å². The highest BCUT2D eigenvalue weighted by atomic mass is 35.5. The van der Waals surface area contributed by atoms with Crippen molar-refractivity contribution in [3.63, 3.8) is 0 Å². The van der Waals surface area contributed by atoms with Crippen molar-refractivity contribution < 1.29 is 13.2 Å². The summed E-state index contributed by atoms with van der Waals surface area (Å²) in [5, 5.41) is -0.193. The van der Waals surface area contributed by atoms with Gasteiger partial charge in [-0.25, -0.2) is 13.4 Å². The number of anilines is 1. The average Bonchev–Trinajstić information content (AvgIpc) is 2.37. The van der Waals surface area contributed by atoms with Crippen LogP contribution < -0.4 is 10.5 Å². The minimum atomic E-state index is -3.90. The number of sulfonamides is 1. The van der Waals surface area contributed by atoms with Crippen LogP contribution in [0.1, 0.15) is 10.4 Å². The molecule has 110 valence electrons.